The number of hydrogen-bond acceptors (Lipinski definition) is 4. The number of unbranched alkanes of at least 4 members (excludes halogenated alkanes) is 2. The summed E-state index contributed by atoms with van der Waals surface area (Å²) in [5, 5.41) is 3.46. The number of benzene rings is 1. The fourth-order valence-corrected chi connectivity index (χ4v) is 1.91. The van der Waals surface area contributed by atoms with Crippen molar-refractivity contribution in [2.75, 3.05) is 19.0 Å². The lowest BCUT2D eigenvalue weighted by Gasteiger charge is -2.15. The molecule has 112 valence electrons. The van der Waals surface area contributed by atoms with Gasteiger partial charge in [0.1, 0.15) is 5.75 Å². The van der Waals surface area contributed by atoms with Gasteiger partial charge in [0.25, 0.3) is 0 Å². The summed E-state index contributed by atoms with van der Waals surface area (Å²) in [6, 6.07) is 8.09. The van der Waals surface area contributed by atoms with E-state index in [1.54, 1.807) is 0 Å². The third-order valence-corrected chi connectivity index (χ3v) is 3.09. The number of esters is 1. The lowest BCUT2D eigenvalue weighted by atomic mass is 10.1. The number of methoxy groups -OCH3 is 1. The highest BCUT2D eigenvalue weighted by Gasteiger charge is 2.04. The van der Waals surface area contributed by atoms with Crippen LogP contribution in [0.3, 0.4) is 0 Å². The molecule has 0 spiro atoms. The summed E-state index contributed by atoms with van der Waals surface area (Å²) in [6.07, 6.45) is 4.96. The Hall–Kier alpha value is -1.71. The molecule has 0 aromatic heterocycles. The number of rotatable bonds is 9. The third kappa shape index (κ3) is 6.45. The number of carbonyl (C=O) groups is 1. The zero-order valence-electron chi connectivity index (χ0n) is 12.6. The summed E-state index contributed by atoms with van der Waals surface area (Å²) in [5.41, 5.74) is 1.07. The number of hydrogen-bond donors (Lipinski definition) is 1. The van der Waals surface area contributed by atoms with Crippen LogP contribution in [0.5, 0.6) is 5.75 Å². The first-order valence-electron chi connectivity index (χ1n) is 7.22. The molecule has 1 atom stereocenters. The predicted molar refractivity (Wildman–Crippen MR) is 81.2 cm³/mol. The smallest absolute Gasteiger partial charge is 0.343 e. The van der Waals surface area contributed by atoms with Crippen LogP contribution >= 0.6 is 0 Å². The molecule has 0 heterocycles. The van der Waals surface area contributed by atoms with Crippen molar-refractivity contribution < 1.29 is 14.3 Å². The fourth-order valence-electron chi connectivity index (χ4n) is 1.91. The van der Waals surface area contributed by atoms with Crippen molar-refractivity contribution in [3.63, 3.8) is 0 Å². The van der Waals surface area contributed by atoms with Gasteiger partial charge in [0, 0.05) is 11.7 Å². The van der Waals surface area contributed by atoms with E-state index in [-0.39, 0.29) is 12.6 Å². The Morgan fingerprint density at radius 2 is 1.95 bits per heavy atom. The molecular weight excluding hydrogens is 254 g/mol. The molecule has 0 amide bonds. The van der Waals surface area contributed by atoms with Crippen molar-refractivity contribution in [3.8, 4) is 5.75 Å². The molecule has 1 rings (SSSR count). The molecule has 0 saturated heterocycles. The second-order valence-electron chi connectivity index (χ2n) is 4.93. The number of carbonyl (C=O) groups excluding carboxylic acids is 1. The Morgan fingerprint density at radius 1 is 1.25 bits per heavy atom. The first-order chi connectivity index (χ1) is 9.65. The van der Waals surface area contributed by atoms with Crippen LogP contribution in [0, 0.1) is 0 Å². The van der Waals surface area contributed by atoms with E-state index in [0.29, 0.717) is 11.8 Å². The fraction of sp³-hybridized carbons (Fsp3) is 0.562. The minimum Gasteiger partial charge on any atom is -0.482 e. The average molecular weight is 279 g/mol. The Balaban J connectivity index is 2.36. The molecule has 4 heteroatoms. The maximum absolute atomic E-state index is 11.0. The molecular formula is C16H25NO3. The topological polar surface area (TPSA) is 47.6 Å². The molecule has 0 bridgehead atoms. The van der Waals surface area contributed by atoms with Crippen LogP contribution in [0.25, 0.3) is 0 Å². The van der Waals surface area contributed by atoms with Crippen molar-refractivity contribution >= 4 is 11.7 Å². The lowest BCUT2D eigenvalue weighted by molar-refractivity contribution is -0.142. The van der Waals surface area contributed by atoms with Crippen molar-refractivity contribution in [1.82, 2.24) is 0 Å². The van der Waals surface area contributed by atoms with Crippen LogP contribution < -0.4 is 10.1 Å². The van der Waals surface area contributed by atoms with Gasteiger partial charge >= 0.3 is 5.97 Å². The molecule has 0 aliphatic rings. The largest absolute Gasteiger partial charge is 0.482 e. The summed E-state index contributed by atoms with van der Waals surface area (Å²) in [5.74, 6) is 0.288. The highest BCUT2D eigenvalue weighted by Crippen LogP contribution is 2.17. The standard InChI is InChI=1S/C16H25NO3/c1-4-5-6-7-13(2)17-14-8-10-15(11-9-14)20-12-16(18)19-3/h8-11,13,17H,4-7,12H2,1-3H3. The van der Waals surface area contributed by atoms with Gasteiger partial charge in [-0.25, -0.2) is 4.79 Å². The summed E-state index contributed by atoms with van der Waals surface area (Å²) >= 11 is 0. The maximum Gasteiger partial charge on any atom is 0.343 e. The van der Waals surface area contributed by atoms with Gasteiger partial charge in [-0.1, -0.05) is 26.2 Å². The van der Waals surface area contributed by atoms with E-state index >= 15 is 0 Å². The van der Waals surface area contributed by atoms with Gasteiger partial charge in [-0.2, -0.15) is 0 Å². The summed E-state index contributed by atoms with van der Waals surface area (Å²) < 4.78 is 9.81. The van der Waals surface area contributed by atoms with E-state index in [2.05, 4.69) is 23.9 Å². The van der Waals surface area contributed by atoms with Crippen molar-refractivity contribution in [3.05, 3.63) is 24.3 Å². The monoisotopic (exact) mass is 279 g/mol. The van der Waals surface area contributed by atoms with Crippen molar-refractivity contribution in [2.45, 2.75) is 45.6 Å². The van der Waals surface area contributed by atoms with Gasteiger partial charge in [0.15, 0.2) is 6.61 Å². The molecule has 0 aliphatic carbocycles. The van der Waals surface area contributed by atoms with Gasteiger partial charge in [0.2, 0.25) is 0 Å². The number of anilines is 1. The molecule has 0 saturated carbocycles. The van der Waals surface area contributed by atoms with E-state index < -0.39 is 0 Å². The molecule has 4 nitrogen and oxygen atoms in total. The lowest BCUT2D eigenvalue weighted by Crippen LogP contribution is -2.15. The van der Waals surface area contributed by atoms with Crippen LogP contribution in [-0.2, 0) is 9.53 Å². The van der Waals surface area contributed by atoms with Gasteiger partial charge in [-0.05, 0) is 37.6 Å². The van der Waals surface area contributed by atoms with Crippen LogP contribution in [0.4, 0.5) is 5.69 Å². The molecule has 20 heavy (non-hydrogen) atoms. The summed E-state index contributed by atoms with van der Waals surface area (Å²) in [4.78, 5) is 11.0. The zero-order valence-corrected chi connectivity index (χ0v) is 12.6. The normalized spacial score (nSPS) is 11.8. The highest BCUT2D eigenvalue weighted by molar-refractivity contribution is 5.70. The third-order valence-electron chi connectivity index (χ3n) is 3.09. The SMILES string of the molecule is CCCCCC(C)Nc1ccc(OCC(=O)OC)cc1. The van der Waals surface area contributed by atoms with E-state index in [0.717, 1.165) is 5.69 Å². The first-order valence-corrected chi connectivity index (χ1v) is 7.22. The van der Waals surface area contributed by atoms with Crippen LogP contribution in [0.2, 0.25) is 0 Å². The Labute approximate surface area is 121 Å². The van der Waals surface area contributed by atoms with E-state index in [4.69, 9.17) is 4.74 Å². The molecule has 0 fully saturated rings. The Kier molecular flexibility index (Phi) is 7.55. The number of nitrogens with one attached hydrogen (secondary N) is 1. The first kappa shape index (κ1) is 16.3. The molecule has 1 aromatic rings. The van der Waals surface area contributed by atoms with Gasteiger partial charge in [-0.3, -0.25) is 0 Å². The maximum atomic E-state index is 11.0. The predicted octanol–water partition coefficient (Wildman–Crippen LogP) is 3.62. The minimum atomic E-state index is -0.378. The van der Waals surface area contributed by atoms with E-state index in [1.165, 1.54) is 32.8 Å². The molecule has 1 N–H and O–H groups in total. The second kappa shape index (κ2) is 9.23. The molecule has 1 unspecified atom stereocenters. The summed E-state index contributed by atoms with van der Waals surface area (Å²) in [7, 11) is 1.35. The average Bonchev–Trinajstić information content (AvgIpc) is 2.46. The minimum absolute atomic E-state index is 0.0588. The van der Waals surface area contributed by atoms with Gasteiger partial charge in [0.05, 0.1) is 7.11 Å². The van der Waals surface area contributed by atoms with Gasteiger partial charge in [-0.15, -0.1) is 0 Å². The zero-order chi connectivity index (χ0) is 14.8. The van der Waals surface area contributed by atoms with Crippen LogP contribution in [-0.4, -0.2) is 25.7 Å². The highest BCUT2D eigenvalue weighted by atomic mass is 16.6. The van der Waals surface area contributed by atoms with Crippen LogP contribution in [0.15, 0.2) is 24.3 Å². The molecule has 1 aromatic carbocycles. The van der Waals surface area contributed by atoms with Crippen molar-refractivity contribution in [2.24, 2.45) is 0 Å². The van der Waals surface area contributed by atoms with E-state index in [9.17, 15) is 4.79 Å². The quantitative estimate of drug-likeness (QED) is 0.554. The molecule has 0 aliphatic heterocycles. The number of ether oxygens (including phenoxy) is 2. The van der Waals surface area contributed by atoms with Crippen molar-refractivity contribution in [1.29, 1.82) is 0 Å². The Bertz CT molecular complexity index is 389. The van der Waals surface area contributed by atoms with E-state index in [1.807, 2.05) is 24.3 Å². The second-order valence-corrected chi connectivity index (χ2v) is 4.93. The molecule has 0 radical (unpaired) electrons. The Morgan fingerprint density at radius 3 is 2.55 bits per heavy atom. The van der Waals surface area contributed by atoms with Crippen LogP contribution in [0.1, 0.15) is 39.5 Å². The summed E-state index contributed by atoms with van der Waals surface area (Å²) in [6.45, 7) is 4.35. The van der Waals surface area contributed by atoms with Gasteiger partial charge < -0.3 is 14.8 Å².